The third kappa shape index (κ3) is 7.88. The Hall–Kier alpha value is -0.220. The molecule has 72 valence electrons. The monoisotopic (exact) mass is 191 g/mol. The smallest absolute Gasteiger partial charge is 0.367 e. The molecule has 0 atom stereocenters. The van der Waals surface area contributed by atoms with Crippen molar-refractivity contribution in [2.24, 2.45) is 0 Å². The second-order valence-corrected chi connectivity index (χ2v) is 3.55. The van der Waals surface area contributed by atoms with Crippen LogP contribution >= 0.6 is 11.8 Å². The molecule has 0 saturated heterocycles. The Balaban J connectivity index is 3.05. The van der Waals surface area contributed by atoms with Crippen LogP contribution in [0.15, 0.2) is 0 Å². The van der Waals surface area contributed by atoms with Crippen LogP contribution in [0.5, 0.6) is 0 Å². The molecule has 0 aromatic carbocycles. The largest absolute Gasteiger partial charge is 0.458 e. The highest BCUT2D eigenvalue weighted by Crippen LogP contribution is 2.00. The van der Waals surface area contributed by atoms with Gasteiger partial charge in [-0.25, -0.2) is 4.79 Å². The molecule has 0 aromatic rings. The molecule has 0 radical (unpaired) electrons. The van der Waals surface area contributed by atoms with Gasteiger partial charge in [0.15, 0.2) is 0 Å². The molecule has 0 N–H and O–H groups in total. The van der Waals surface area contributed by atoms with Crippen molar-refractivity contribution < 1.29 is 9.53 Å². The summed E-state index contributed by atoms with van der Waals surface area (Å²) in [5, 5.41) is -0.181. The number of carbonyl (C=O) groups excluding carboxylic acids is 1. The van der Waals surface area contributed by atoms with Gasteiger partial charge in [-0.05, 0) is 51.5 Å². The van der Waals surface area contributed by atoms with Gasteiger partial charge in [-0.15, -0.1) is 0 Å². The van der Waals surface area contributed by atoms with Crippen molar-refractivity contribution in [2.45, 2.75) is 12.8 Å². The minimum absolute atomic E-state index is 0.181. The summed E-state index contributed by atoms with van der Waals surface area (Å²) >= 11 is 1.12. The predicted molar refractivity (Wildman–Crippen MR) is 52.7 cm³/mol. The topological polar surface area (TPSA) is 29.5 Å². The summed E-state index contributed by atoms with van der Waals surface area (Å²) in [6.45, 7) is 1.60. The molecule has 0 aromatic heterocycles. The van der Waals surface area contributed by atoms with E-state index < -0.39 is 0 Å². The lowest BCUT2D eigenvalue weighted by Crippen LogP contribution is -2.13. The van der Waals surface area contributed by atoms with E-state index in [4.69, 9.17) is 4.74 Å². The average Bonchev–Trinajstić information content (AvgIpc) is 2.03. The van der Waals surface area contributed by atoms with E-state index in [0.717, 1.165) is 31.1 Å². The molecule has 0 saturated carbocycles. The first-order chi connectivity index (χ1) is 5.66. The van der Waals surface area contributed by atoms with Crippen LogP contribution < -0.4 is 0 Å². The van der Waals surface area contributed by atoms with Crippen LogP contribution in [0.2, 0.25) is 0 Å². The summed E-state index contributed by atoms with van der Waals surface area (Å²) in [6, 6.07) is 0. The van der Waals surface area contributed by atoms with Gasteiger partial charge in [0.25, 0.3) is 0 Å². The number of hydrogen-bond donors (Lipinski definition) is 0. The first-order valence-corrected chi connectivity index (χ1v) is 5.24. The number of unbranched alkanes of at least 4 members (excludes halogenated alkanes) is 1. The lowest BCUT2D eigenvalue weighted by molar-refractivity contribution is 0.171. The van der Waals surface area contributed by atoms with Crippen LogP contribution in [-0.4, -0.2) is 43.7 Å². The van der Waals surface area contributed by atoms with E-state index in [2.05, 4.69) is 4.90 Å². The van der Waals surface area contributed by atoms with Gasteiger partial charge in [0.1, 0.15) is 0 Å². The number of thioether (sulfide) groups is 1. The van der Waals surface area contributed by atoms with E-state index in [-0.39, 0.29) is 5.30 Å². The molecule has 0 fully saturated rings. The molecule has 0 rings (SSSR count). The number of rotatable bonds is 5. The van der Waals surface area contributed by atoms with Crippen LogP contribution in [-0.2, 0) is 4.74 Å². The quantitative estimate of drug-likeness (QED) is 0.490. The van der Waals surface area contributed by atoms with Crippen LogP contribution in [0.1, 0.15) is 12.8 Å². The maximum Gasteiger partial charge on any atom is 0.367 e. The zero-order chi connectivity index (χ0) is 9.40. The normalized spacial score (nSPS) is 10.3. The van der Waals surface area contributed by atoms with E-state index in [1.807, 2.05) is 14.1 Å². The highest BCUT2D eigenvalue weighted by atomic mass is 32.2. The fraction of sp³-hybridized carbons (Fsp3) is 0.875. The van der Waals surface area contributed by atoms with Crippen LogP contribution in [0.3, 0.4) is 0 Å². The van der Waals surface area contributed by atoms with Crippen molar-refractivity contribution in [1.29, 1.82) is 0 Å². The molecule has 0 amide bonds. The maximum absolute atomic E-state index is 10.6. The van der Waals surface area contributed by atoms with Gasteiger partial charge in [0.05, 0.1) is 6.61 Å². The molecule has 0 aliphatic carbocycles. The SMILES string of the molecule is CSC(=O)OCCCCN(C)C. The minimum Gasteiger partial charge on any atom is -0.458 e. The summed E-state index contributed by atoms with van der Waals surface area (Å²) in [7, 11) is 4.07. The molecular formula is C8H17NO2S. The Kier molecular flexibility index (Phi) is 7.29. The third-order valence-electron chi connectivity index (χ3n) is 1.39. The molecule has 0 aliphatic rings. The first kappa shape index (κ1) is 11.8. The Morgan fingerprint density at radius 1 is 1.42 bits per heavy atom. The Bertz CT molecular complexity index is 128. The molecule has 0 bridgehead atoms. The van der Waals surface area contributed by atoms with Crippen molar-refractivity contribution >= 4 is 17.1 Å². The predicted octanol–water partition coefficient (Wildman–Crippen LogP) is 1.83. The van der Waals surface area contributed by atoms with E-state index in [1.165, 1.54) is 0 Å². The summed E-state index contributed by atoms with van der Waals surface area (Å²) in [4.78, 5) is 12.8. The molecule has 4 heteroatoms. The molecule has 0 spiro atoms. The van der Waals surface area contributed by atoms with Crippen molar-refractivity contribution in [2.75, 3.05) is 33.5 Å². The third-order valence-corrected chi connectivity index (χ3v) is 1.84. The Morgan fingerprint density at radius 2 is 2.08 bits per heavy atom. The molecule has 0 unspecified atom stereocenters. The van der Waals surface area contributed by atoms with Crippen LogP contribution in [0, 0.1) is 0 Å². The highest BCUT2D eigenvalue weighted by Gasteiger charge is 1.97. The summed E-state index contributed by atoms with van der Waals surface area (Å²) < 4.78 is 4.88. The number of nitrogens with zero attached hydrogens (tertiary/aromatic N) is 1. The van der Waals surface area contributed by atoms with Crippen LogP contribution in [0.25, 0.3) is 0 Å². The number of ether oxygens (including phenoxy) is 1. The average molecular weight is 191 g/mol. The molecule has 12 heavy (non-hydrogen) atoms. The van der Waals surface area contributed by atoms with Gasteiger partial charge in [-0.3, -0.25) is 0 Å². The maximum atomic E-state index is 10.6. The lowest BCUT2D eigenvalue weighted by atomic mass is 10.3. The van der Waals surface area contributed by atoms with Crippen LogP contribution in [0.4, 0.5) is 4.79 Å². The first-order valence-electron chi connectivity index (χ1n) is 4.02. The molecule has 0 heterocycles. The van der Waals surface area contributed by atoms with Crippen molar-refractivity contribution in [3.63, 3.8) is 0 Å². The summed E-state index contributed by atoms with van der Waals surface area (Å²) in [5.41, 5.74) is 0. The zero-order valence-electron chi connectivity index (χ0n) is 8.00. The van der Waals surface area contributed by atoms with Gasteiger partial charge < -0.3 is 9.64 Å². The van der Waals surface area contributed by atoms with Crippen molar-refractivity contribution in [1.82, 2.24) is 4.90 Å². The summed E-state index contributed by atoms with van der Waals surface area (Å²) in [6.07, 6.45) is 3.75. The fourth-order valence-electron chi connectivity index (χ4n) is 0.745. The van der Waals surface area contributed by atoms with E-state index >= 15 is 0 Å². The number of hydrogen-bond acceptors (Lipinski definition) is 4. The van der Waals surface area contributed by atoms with Gasteiger partial charge in [-0.1, -0.05) is 0 Å². The van der Waals surface area contributed by atoms with Gasteiger partial charge in [-0.2, -0.15) is 0 Å². The fourth-order valence-corrected chi connectivity index (χ4v) is 0.946. The van der Waals surface area contributed by atoms with Gasteiger partial charge in [0, 0.05) is 0 Å². The highest BCUT2D eigenvalue weighted by molar-refractivity contribution is 8.12. The van der Waals surface area contributed by atoms with Crippen molar-refractivity contribution in [3.8, 4) is 0 Å². The lowest BCUT2D eigenvalue weighted by Gasteiger charge is -2.08. The molecule has 0 aliphatic heterocycles. The summed E-state index contributed by atoms with van der Waals surface area (Å²) in [5.74, 6) is 0. The van der Waals surface area contributed by atoms with E-state index in [1.54, 1.807) is 6.26 Å². The van der Waals surface area contributed by atoms with Crippen molar-refractivity contribution in [3.05, 3.63) is 0 Å². The Morgan fingerprint density at radius 3 is 2.58 bits per heavy atom. The number of carbonyl (C=O) groups is 1. The zero-order valence-corrected chi connectivity index (χ0v) is 8.82. The molecule has 3 nitrogen and oxygen atoms in total. The Labute approximate surface area is 78.5 Å². The van der Waals surface area contributed by atoms with Gasteiger partial charge in [0.2, 0.25) is 0 Å². The van der Waals surface area contributed by atoms with E-state index in [0.29, 0.717) is 6.61 Å². The standard InChI is InChI=1S/C8H17NO2S/c1-9(2)6-4-5-7-11-8(10)12-3/h4-7H2,1-3H3. The second kappa shape index (κ2) is 7.43. The molecular weight excluding hydrogens is 174 g/mol. The van der Waals surface area contributed by atoms with Gasteiger partial charge >= 0.3 is 5.30 Å². The minimum atomic E-state index is -0.181. The second-order valence-electron chi connectivity index (χ2n) is 2.81. The van der Waals surface area contributed by atoms with E-state index in [9.17, 15) is 4.79 Å².